The van der Waals surface area contributed by atoms with Crippen LogP contribution in [0.3, 0.4) is 0 Å². The van der Waals surface area contributed by atoms with Crippen molar-refractivity contribution in [1.82, 2.24) is 15.2 Å². The van der Waals surface area contributed by atoms with Gasteiger partial charge in [0.2, 0.25) is 5.91 Å². The van der Waals surface area contributed by atoms with Crippen molar-refractivity contribution >= 4 is 17.7 Å². The monoisotopic (exact) mass is 433 g/mol. The minimum Gasteiger partial charge on any atom is -0.431 e. The van der Waals surface area contributed by atoms with E-state index in [1.54, 1.807) is 18.3 Å². The van der Waals surface area contributed by atoms with Gasteiger partial charge in [-0.25, -0.2) is 9.37 Å². The Morgan fingerprint density at radius 3 is 2.63 bits per heavy atom. The number of hydrogen-bond acceptors (Lipinski definition) is 6. The predicted octanol–water partition coefficient (Wildman–Crippen LogP) is 3.72. The minimum atomic E-state index is -0.294. The lowest BCUT2D eigenvalue weighted by atomic mass is 9.79. The van der Waals surface area contributed by atoms with Crippen LogP contribution in [0.25, 0.3) is 11.3 Å². The number of nitrogens with one attached hydrogen (secondary N) is 1. The Kier molecular flexibility index (Phi) is 7.07. The molecule has 0 spiro atoms. The molecule has 2 aliphatic rings. The average molecular weight is 434 g/mol. The standard InChI is InChI=1S/C22H28FN3O3S/c23-18-6-4-17(5-7-18)19-14-24-21(29-19)30-15-20(27)25-16-22(8-2-1-3-9-22)26-10-12-28-13-11-26/h4-7,14H,1-3,8-13,15-16H2,(H,25,27). The Morgan fingerprint density at radius 1 is 1.17 bits per heavy atom. The maximum atomic E-state index is 13.1. The Morgan fingerprint density at radius 2 is 1.90 bits per heavy atom. The van der Waals surface area contributed by atoms with Crippen molar-refractivity contribution in [2.24, 2.45) is 0 Å². The summed E-state index contributed by atoms with van der Waals surface area (Å²) >= 11 is 1.27. The van der Waals surface area contributed by atoms with Crippen LogP contribution in [0.5, 0.6) is 0 Å². The smallest absolute Gasteiger partial charge is 0.256 e. The quantitative estimate of drug-likeness (QED) is 0.672. The van der Waals surface area contributed by atoms with Crippen molar-refractivity contribution in [2.45, 2.75) is 42.9 Å². The number of amides is 1. The molecule has 1 aromatic carbocycles. The fourth-order valence-corrected chi connectivity index (χ4v) is 5.00. The summed E-state index contributed by atoms with van der Waals surface area (Å²) in [5.74, 6) is 0.506. The van der Waals surface area contributed by atoms with Crippen molar-refractivity contribution in [1.29, 1.82) is 0 Å². The van der Waals surface area contributed by atoms with Gasteiger partial charge in [-0.05, 0) is 37.1 Å². The molecule has 0 bridgehead atoms. The Hall–Kier alpha value is -1.90. The summed E-state index contributed by atoms with van der Waals surface area (Å²) in [6.45, 7) is 4.09. The lowest BCUT2D eigenvalue weighted by Gasteiger charge is -2.48. The minimum absolute atomic E-state index is 0.0141. The third-order valence-electron chi connectivity index (χ3n) is 6.02. The molecule has 1 aliphatic heterocycles. The van der Waals surface area contributed by atoms with Crippen molar-refractivity contribution in [3.63, 3.8) is 0 Å². The first kappa shape index (κ1) is 21.3. The maximum Gasteiger partial charge on any atom is 0.256 e. The molecule has 162 valence electrons. The molecule has 1 saturated carbocycles. The van der Waals surface area contributed by atoms with E-state index in [0.29, 0.717) is 17.5 Å². The molecule has 2 aromatic rings. The molecule has 1 amide bonds. The molecular weight excluding hydrogens is 405 g/mol. The molecule has 1 saturated heterocycles. The summed E-state index contributed by atoms with van der Waals surface area (Å²) in [4.78, 5) is 19.3. The SMILES string of the molecule is O=C(CSc1ncc(-c2ccc(F)cc2)o1)NCC1(N2CCOCC2)CCCCC1. The van der Waals surface area contributed by atoms with Gasteiger partial charge >= 0.3 is 0 Å². The third kappa shape index (κ3) is 5.22. The van der Waals surface area contributed by atoms with Crippen molar-refractivity contribution < 1.29 is 18.3 Å². The van der Waals surface area contributed by atoms with Gasteiger partial charge in [-0.2, -0.15) is 0 Å². The number of halogens is 1. The summed E-state index contributed by atoms with van der Waals surface area (Å²) in [5, 5.41) is 3.59. The van der Waals surface area contributed by atoms with Gasteiger partial charge in [-0.15, -0.1) is 0 Å². The van der Waals surface area contributed by atoms with E-state index in [-0.39, 0.29) is 23.0 Å². The third-order valence-corrected chi connectivity index (χ3v) is 6.86. The largest absolute Gasteiger partial charge is 0.431 e. The highest BCUT2D eigenvalue weighted by atomic mass is 32.2. The zero-order valence-corrected chi connectivity index (χ0v) is 17.9. The van der Waals surface area contributed by atoms with Crippen LogP contribution in [0.15, 0.2) is 40.1 Å². The van der Waals surface area contributed by atoms with Crippen LogP contribution in [0.2, 0.25) is 0 Å². The van der Waals surface area contributed by atoms with Crippen LogP contribution < -0.4 is 5.32 Å². The lowest BCUT2D eigenvalue weighted by molar-refractivity contribution is -0.119. The number of morpholine rings is 1. The molecule has 1 N–H and O–H groups in total. The van der Waals surface area contributed by atoms with Crippen LogP contribution in [0.1, 0.15) is 32.1 Å². The number of aromatic nitrogens is 1. The number of nitrogens with zero attached hydrogens (tertiary/aromatic N) is 2. The molecular formula is C22H28FN3O3S. The summed E-state index contributed by atoms with van der Waals surface area (Å²) in [7, 11) is 0. The molecule has 0 radical (unpaired) electrons. The van der Waals surface area contributed by atoms with Crippen LogP contribution in [0, 0.1) is 5.82 Å². The van der Waals surface area contributed by atoms with Gasteiger partial charge in [-0.3, -0.25) is 9.69 Å². The molecule has 30 heavy (non-hydrogen) atoms. The first-order valence-corrected chi connectivity index (χ1v) is 11.6. The summed E-state index contributed by atoms with van der Waals surface area (Å²) in [6.07, 6.45) is 7.55. The molecule has 6 nitrogen and oxygen atoms in total. The summed E-state index contributed by atoms with van der Waals surface area (Å²) in [6, 6.07) is 6.06. The maximum absolute atomic E-state index is 13.1. The number of hydrogen-bond donors (Lipinski definition) is 1. The van der Waals surface area contributed by atoms with E-state index < -0.39 is 0 Å². The van der Waals surface area contributed by atoms with E-state index in [4.69, 9.17) is 9.15 Å². The zero-order valence-electron chi connectivity index (χ0n) is 17.1. The van der Waals surface area contributed by atoms with E-state index in [1.165, 1.54) is 43.2 Å². The second-order valence-corrected chi connectivity index (χ2v) is 8.87. The molecule has 2 heterocycles. The van der Waals surface area contributed by atoms with E-state index in [9.17, 15) is 9.18 Å². The number of oxazole rings is 1. The summed E-state index contributed by atoms with van der Waals surface area (Å²) in [5.41, 5.74) is 0.811. The van der Waals surface area contributed by atoms with Gasteiger partial charge < -0.3 is 14.5 Å². The zero-order chi connectivity index (χ0) is 20.8. The number of benzene rings is 1. The van der Waals surface area contributed by atoms with Gasteiger partial charge in [0.15, 0.2) is 5.76 Å². The Bertz CT molecular complexity index is 830. The van der Waals surface area contributed by atoms with Gasteiger partial charge in [0.05, 0.1) is 25.2 Å². The molecule has 2 fully saturated rings. The van der Waals surface area contributed by atoms with Crippen LogP contribution in [-0.4, -0.2) is 59.9 Å². The van der Waals surface area contributed by atoms with Crippen molar-refractivity contribution in [2.75, 3.05) is 38.6 Å². The van der Waals surface area contributed by atoms with E-state index in [2.05, 4.69) is 15.2 Å². The van der Waals surface area contributed by atoms with E-state index >= 15 is 0 Å². The van der Waals surface area contributed by atoms with Crippen molar-refractivity contribution in [3.8, 4) is 11.3 Å². The number of thioether (sulfide) groups is 1. The van der Waals surface area contributed by atoms with E-state index in [0.717, 1.165) is 44.7 Å². The molecule has 0 unspecified atom stereocenters. The first-order valence-electron chi connectivity index (χ1n) is 10.6. The highest BCUT2D eigenvalue weighted by Crippen LogP contribution is 2.34. The Labute approximate surface area is 180 Å². The second-order valence-electron chi connectivity index (χ2n) is 7.95. The normalized spacial score (nSPS) is 19.5. The van der Waals surface area contributed by atoms with Gasteiger partial charge in [0.1, 0.15) is 5.82 Å². The van der Waals surface area contributed by atoms with Crippen LogP contribution in [-0.2, 0) is 9.53 Å². The van der Waals surface area contributed by atoms with Crippen LogP contribution in [0.4, 0.5) is 4.39 Å². The fraction of sp³-hybridized carbons (Fsp3) is 0.545. The highest BCUT2D eigenvalue weighted by Gasteiger charge is 2.38. The molecule has 1 aromatic heterocycles. The predicted molar refractivity (Wildman–Crippen MR) is 114 cm³/mol. The van der Waals surface area contributed by atoms with Gasteiger partial charge in [0, 0.05) is 30.7 Å². The molecule has 0 atom stereocenters. The highest BCUT2D eigenvalue weighted by molar-refractivity contribution is 7.99. The Balaban J connectivity index is 1.29. The topological polar surface area (TPSA) is 67.6 Å². The van der Waals surface area contributed by atoms with Crippen molar-refractivity contribution in [3.05, 3.63) is 36.3 Å². The second kappa shape index (κ2) is 9.94. The fourth-order valence-electron chi connectivity index (χ4n) is 4.37. The number of ether oxygens (including phenoxy) is 1. The number of carbonyl (C=O) groups excluding carboxylic acids is 1. The van der Waals surface area contributed by atoms with Crippen LogP contribution >= 0.6 is 11.8 Å². The summed E-state index contributed by atoms with van der Waals surface area (Å²) < 4.78 is 24.3. The average Bonchev–Trinajstić information content (AvgIpc) is 3.27. The van der Waals surface area contributed by atoms with Gasteiger partial charge in [-0.1, -0.05) is 31.0 Å². The molecule has 4 rings (SSSR count). The number of rotatable bonds is 7. The molecule has 1 aliphatic carbocycles. The van der Waals surface area contributed by atoms with E-state index in [1.807, 2.05) is 0 Å². The lowest BCUT2D eigenvalue weighted by Crippen LogP contribution is -2.59. The van der Waals surface area contributed by atoms with Gasteiger partial charge in [0.25, 0.3) is 5.22 Å². The molecule has 8 heteroatoms. The number of carbonyl (C=O) groups is 1. The first-order chi connectivity index (χ1) is 14.6.